The molecule has 2 rings (SSSR count). The molecule has 0 aromatic carbocycles. The Balaban J connectivity index is 2.30. The lowest BCUT2D eigenvalue weighted by Crippen LogP contribution is -2.61. The molecule has 2 aliphatic heterocycles. The number of ether oxygens (including phenoxy) is 2. The number of nitrogens with zero attached hydrogens (tertiary/aromatic N) is 1. The van der Waals surface area contributed by atoms with Gasteiger partial charge in [0.25, 0.3) is 0 Å². The molecule has 2 atom stereocenters. The summed E-state index contributed by atoms with van der Waals surface area (Å²) in [4.78, 5) is 23.3. The fourth-order valence-corrected chi connectivity index (χ4v) is 2.44. The second-order valence-corrected chi connectivity index (χ2v) is 4.80. The molecule has 0 spiro atoms. The summed E-state index contributed by atoms with van der Waals surface area (Å²) >= 11 is 0. The molecule has 0 aliphatic carbocycles. The Morgan fingerprint density at radius 1 is 1.35 bits per heavy atom. The standard InChI is InChI=1S/C10H15NO6/c1-9(2)16-6-3-4-11(8(14)15)5-10(6,17-9)7(12)13/h6H,3-5H2,1-2H3,(H,12,13)(H,14,15)/t6-,10+/m0/s1. The summed E-state index contributed by atoms with van der Waals surface area (Å²) in [5, 5.41) is 18.2. The van der Waals surface area contributed by atoms with Crippen molar-refractivity contribution in [1.29, 1.82) is 0 Å². The first-order chi connectivity index (χ1) is 7.77. The molecule has 2 N–H and O–H groups in total. The minimum atomic E-state index is -1.58. The van der Waals surface area contributed by atoms with Crippen LogP contribution < -0.4 is 0 Å². The van der Waals surface area contributed by atoms with Crippen LogP contribution in [-0.2, 0) is 14.3 Å². The normalized spacial score (nSPS) is 35.4. The molecule has 0 radical (unpaired) electrons. The molecule has 0 saturated carbocycles. The number of likely N-dealkylation sites (tertiary alicyclic amines) is 1. The van der Waals surface area contributed by atoms with Crippen LogP contribution >= 0.6 is 0 Å². The van der Waals surface area contributed by atoms with Gasteiger partial charge in [0, 0.05) is 6.54 Å². The van der Waals surface area contributed by atoms with Crippen LogP contribution in [0, 0.1) is 0 Å². The SMILES string of the molecule is CC1(C)O[C@H]2CCN(C(=O)O)C[C@@]2(C(=O)O)O1. The highest BCUT2D eigenvalue weighted by atomic mass is 16.8. The summed E-state index contributed by atoms with van der Waals surface area (Å²) in [7, 11) is 0. The number of piperidine rings is 1. The van der Waals surface area contributed by atoms with Crippen molar-refractivity contribution in [1.82, 2.24) is 4.90 Å². The van der Waals surface area contributed by atoms with E-state index < -0.39 is 29.6 Å². The Morgan fingerprint density at radius 3 is 2.53 bits per heavy atom. The Labute approximate surface area is 97.9 Å². The summed E-state index contributed by atoms with van der Waals surface area (Å²) in [5.41, 5.74) is -1.58. The third kappa shape index (κ3) is 1.85. The number of hydrogen-bond acceptors (Lipinski definition) is 4. The summed E-state index contributed by atoms with van der Waals surface area (Å²) in [5.74, 6) is -2.18. The van der Waals surface area contributed by atoms with Gasteiger partial charge < -0.3 is 24.6 Å². The van der Waals surface area contributed by atoms with Crippen molar-refractivity contribution in [3.63, 3.8) is 0 Å². The molecule has 2 heterocycles. The van der Waals surface area contributed by atoms with Crippen LogP contribution in [0.4, 0.5) is 4.79 Å². The van der Waals surface area contributed by atoms with E-state index in [1.807, 2.05) is 0 Å². The van der Waals surface area contributed by atoms with Crippen LogP contribution in [0.5, 0.6) is 0 Å². The first-order valence-electron chi connectivity index (χ1n) is 5.36. The van der Waals surface area contributed by atoms with Crippen molar-refractivity contribution in [2.24, 2.45) is 0 Å². The van der Waals surface area contributed by atoms with Gasteiger partial charge in [-0.05, 0) is 20.3 Å². The van der Waals surface area contributed by atoms with Gasteiger partial charge in [0.05, 0.1) is 6.54 Å². The molecule has 1 amide bonds. The summed E-state index contributed by atoms with van der Waals surface area (Å²) in [6, 6.07) is 0. The highest BCUT2D eigenvalue weighted by Gasteiger charge is 2.61. The van der Waals surface area contributed by atoms with Crippen LogP contribution in [0.15, 0.2) is 0 Å². The van der Waals surface area contributed by atoms with Crippen molar-refractivity contribution in [2.75, 3.05) is 13.1 Å². The molecule has 0 aromatic rings. The fraction of sp³-hybridized carbons (Fsp3) is 0.800. The summed E-state index contributed by atoms with van der Waals surface area (Å²) in [6.45, 7) is 3.31. The predicted octanol–water partition coefficient (Wildman–Crippen LogP) is 0.345. The van der Waals surface area contributed by atoms with Crippen LogP contribution in [0.3, 0.4) is 0 Å². The average molecular weight is 245 g/mol. The van der Waals surface area contributed by atoms with Crippen molar-refractivity contribution in [2.45, 2.75) is 37.8 Å². The molecule has 2 aliphatic rings. The van der Waals surface area contributed by atoms with Crippen LogP contribution in [0.2, 0.25) is 0 Å². The zero-order chi connectivity index (χ0) is 12.8. The molecular weight excluding hydrogens is 230 g/mol. The molecule has 2 fully saturated rings. The largest absolute Gasteiger partial charge is 0.479 e. The van der Waals surface area contributed by atoms with Crippen molar-refractivity contribution in [3.8, 4) is 0 Å². The highest BCUT2D eigenvalue weighted by molar-refractivity contribution is 5.80. The zero-order valence-corrected chi connectivity index (χ0v) is 9.67. The minimum Gasteiger partial charge on any atom is -0.479 e. The van der Waals surface area contributed by atoms with E-state index in [0.717, 1.165) is 4.90 Å². The number of amides is 1. The molecule has 2 saturated heterocycles. The van der Waals surface area contributed by atoms with Gasteiger partial charge in [0.15, 0.2) is 5.79 Å². The maximum absolute atomic E-state index is 11.4. The third-order valence-corrected chi connectivity index (χ3v) is 3.09. The topological polar surface area (TPSA) is 96.3 Å². The van der Waals surface area contributed by atoms with Gasteiger partial charge in [-0.1, -0.05) is 0 Å². The van der Waals surface area contributed by atoms with E-state index in [2.05, 4.69) is 0 Å². The Kier molecular flexibility index (Phi) is 2.55. The highest BCUT2D eigenvalue weighted by Crippen LogP contribution is 2.41. The summed E-state index contributed by atoms with van der Waals surface area (Å²) < 4.78 is 11.0. The maximum Gasteiger partial charge on any atom is 0.407 e. The van der Waals surface area contributed by atoms with Gasteiger partial charge in [-0.3, -0.25) is 0 Å². The Hall–Kier alpha value is -1.34. The molecule has 0 bridgehead atoms. The fourth-order valence-electron chi connectivity index (χ4n) is 2.44. The second kappa shape index (κ2) is 3.58. The Bertz CT molecular complexity index is 368. The number of rotatable bonds is 1. The number of carboxylic acid groups (broad SMARTS) is 2. The van der Waals surface area contributed by atoms with Gasteiger partial charge >= 0.3 is 12.1 Å². The van der Waals surface area contributed by atoms with E-state index in [9.17, 15) is 14.7 Å². The quantitative estimate of drug-likeness (QED) is 0.691. The van der Waals surface area contributed by atoms with Gasteiger partial charge in [-0.25, -0.2) is 9.59 Å². The van der Waals surface area contributed by atoms with Gasteiger partial charge in [0.1, 0.15) is 6.10 Å². The van der Waals surface area contributed by atoms with Crippen molar-refractivity contribution in [3.05, 3.63) is 0 Å². The first-order valence-corrected chi connectivity index (χ1v) is 5.36. The molecular formula is C10H15NO6. The lowest BCUT2D eigenvalue weighted by Gasteiger charge is -2.37. The molecule has 0 unspecified atom stereocenters. The lowest BCUT2D eigenvalue weighted by atomic mass is 9.90. The van der Waals surface area contributed by atoms with Crippen molar-refractivity contribution < 1.29 is 29.3 Å². The van der Waals surface area contributed by atoms with E-state index in [-0.39, 0.29) is 13.1 Å². The van der Waals surface area contributed by atoms with E-state index in [4.69, 9.17) is 14.6 Å². The molecule has 0 aromatic heterocycles. The number of carboxylic acids is 1. The van der Waals surface area contributed by atoms with Crippen molar-refractivity contribution >= 4 is 12.1 Å². The second-order valence-electron chi connectivity index (χ2n) is 4.80. The molecule has 7 heteroatoms. The number of hydrogen-bond donors (Lipinski definition) is 2. The zero-order valence-electron chi connectivity index (χ0n) is 9.67. The summed E-state index contributed by atoms with van der Waals surface area (Å²) in [6.07, 6.45) is -1.43. The lowest BCUT2D eigenvalue weighted by molar-refractivity contribution is -0.187. The minimum absolute atomic E-state index is 0.203. The predicted molar refractivity (Wildman–Crippen MR) is 54.6 cm³/mol. The number of carbonyl (C=O) groups is 2. The van der Waals surface area contributed by atoms with E-state index in [1.54, 1.807) is 13.8 Å². The third-order valence-electron chi connectivity index (χ3n) is 3.09. The van der Waals surface area contributed by atoms with Crippen LogP contribution in [-0.4, -0.2) is 57.8 Å². The molecule has 17 heavy (non-hydrogen) atoms. The number of aliphatic carboxylic acids is 1. The van der Waals surface area contributed by atoms with Gasteiger partial charge in [-0.15, -0.1) is 0 Å². The van der Waals surface area contributed by atoms with Crippen LogP contribution in [0.25, 0.3) is 0 Å². The van der Waals surface area contributed by atoms with E-state index in [1.165, 1.54) is 0 Å². The smallest absolute Gasteiger partial charge is 0.407 e. The maximum atomic E-state index is 11.4. The van der Waals surface area contributed by atoms with E-state index >= 15 is 0 Å². The molecule has 7 nitrogen and oxygen atoms in total. The number of fused-ring (bicyclic) bond motifs is 1. The molecule has 96 valence electrons. The van der Waals surface area contributed by atoms with Gasteiger partial charge in [0.2, 0.25) is 5.60 Å². The average Bonchev–Trinajstić information content (AvgIpc) is 2.47. The van der Waals surface area contributed by atoms with Crippen LogP contribution in [0.1, 0.15) is 20.3 Å². The Morgan fingerprint density at radius 2 is 2.00 bits per heavy atom. The monoisotopic (exact) mass is 245 g/mol. The van der Waals surface area contributed by atoms with Gasteiger partial charge in [-0.2, -0.15) is 0 Å². The van der Waals surface area contributed by atoms with E-state index in [0.29, 0.717) is 6.42 Å². The first kappa shape index (κ1) is 12.1.